The summed E-state index contributed by atoms with van der Waals surface area (Å²) in [6.45, 7) is 4.68. The van der Waals surface area contributed by atoms with Crippen molar-refractivity contribution in [2.75, 3.05) is 4.90 Å². The van der Waals surface area contributed by atoms with Crippen LogP contribution in [0, 0.1) is 0 Å². The summed E-state index contributed by atoms with van der Waals surface area (Å²) in [4.78, 5) is 2.37. The highest BCUT2D eigenvalue weighted by molar-refractivity contribution is 6.19. The SMILES string of the molecule is CC1(C)c2ccccc2-c2ccc(N(c3ccc(-c4ccc5oc6ccccc6c5c4-c4cccc5ccccc45)cc3)c3ccc4c(c3)oc3ccccc34)cc21. The summed E-state index contributed by atoms with van der Waals surface area (Å²) in [6, 6.07) is 67.7. The maximum Gasteiger partial charge on any atom is 0.137 e. The van der Waals surface area contributed by atoms with Gasteiger partial charge >= 0.3 is 0 Å². The first-order valence-corrected chi connectivity index (χ1v) is 20.0. The van der Waals surface area contributed by atoms with Crippen LogP contribution < -0.4 is 4.90 Å². The van der Waals surface area contributed by atoms with Crippen LogP contribution in [0.2, 0.25) is 0 Å². The van der Waals surface area contributed by atoms with Crippen LogP contribution in [0.25, 0.3) is 88.0 Å². The molecule has 0 radical (unpaired) electrons. The van der Waals surface area contributed by atoms with Gasteiger partial charge in [-0.25, -0.2) is 0 Å². The number of rotatable bonds is 5. The predicted molar refractivity (Wildman–Crippen MR) is 242 cm³/mol. The highest BCUT2D eigenvalue weighted by Crippen LogP contribution is 2.51. The van der Waals surface area contributed by atoms with Gasteiger partial charge in [0.1, 0.15) is 22.3 Å². The molecule has 3 nitrogen and oxygen atoms in total. The molecule has 11 aromatic rings. The number of hydrogen-bond donors (Lipinski definition) is 0. The molecule has 12 rings (SSSR count). The molecule has 2 heterocycles. The molecule has 2 aromatic heterocycles. The van der Waals surface area contributed by atoms with Gasteiger partial charge in [0.2, 0.25) is 0 Å². The molecular formula is C55H37NO2. The van der Waals surface area contributed by atoms with Gasteiger partial charge in [0.25, 0.3) is 0 Å². The summed E-state index contributed by atoms with van der Waals surface area (Å²) in [5, 5.41) is 6.92. The second-order valence-corrected chi connectivity index (χ2v) is 16.0. The van der Waals surface area contributed by atoms with E-state index in [2.05, 4.69) is 189 Å². The van der Waals surface area contributed by atoms with Crippen LogP contribution in [0.4, 0.5) is 17.1 Å². The Morgan fingerprint density at radius 1 is 0.379 bits per heavy atom. The summed E-state index contributed by atoms with van der Waals surface area (Å²) in [6.07, 6.45) is 0. The lowest BCUT2D eigenvalue weighted by Gasteiger charge is -2.28. The van der Waals surface area contributed by atoms with Crippen molar-refractivity contribution in [1.82, 2.24) is 0 Å². The van der Waals surface area contributed by atoms with Gasteiger partial charge in [0.05, 0.1) is 0 Å². The molecule has 0 saturated carbocycles. The van der Waals surface area contributed by atoms with Gasteiger partial charge in [-0.2, -0.15) is 0 Å². The number of anilines is 3. The molecule has 3 heteroatoms. The second kappa shape index (κ2) is 12.3. The molecule has 0 saturated heterocycles. The fourth-order valence-electron chi connectivity index (χ4n) is 9.70. The molecule has 0 atom stereocenters. The van der Waals surface area contributed by atoms with E-state index in [9.17, 15) is 0 Å². The van der Waals surface area contributed by atoms with Crippen molar-refractivity contribution >= 4 is 71.7 Å². The van der Waals surface area contributed by atoms with Crippen LogP contribution in [0.15, 0.2) is 197 Å². The lowest BCUT2D eigenvalue weighted by Crippen LogP contribution is -2.16. The minimum absolute atomic E-state index is 0.131. The Labute approximate surface area is 336 Å². The zero-order valence-electron chi connectivity index (χ0n) is 32.2. The van der Waals surface area contributed by atoms with E-state index in [1.807, 2.05) is 18.2 Å². The summed E-state index contributed by atoms with van der Waals surface area (Å²) >= 11 is 0. The minimum Gasteiger partial charge on any atom is -0.456 e. The number of hydrogen-bond acceptors (Lipinski definition) is 3. The van der Waals surface area contributed by atoms with Gasteiger partial charge in [0.15, 0.2) is 0 Å². The van der Waals surface area contributed by atoms with E-state index in [4.69, 9.17) is 8.83 Å². The standard InChI is InChI=1S/C55H37NO2/c1-55(2)47-19-8-5-15-41(47)42-28-26-37(32-48(42)55)56(38-27-29-44-43-16-6-9-20-49(43)58-52(44)33-38)36-24-22-35(23-25-36)40-30-31-51-54(46-17-7-10-21-50(46)57-51)53(40)45-18-11-13-34-12-3-4-14-39(34)45/h3-33H,1-2H3. The number of furan rings is 2. The van der Waals surface area contributed by atoms with E-state index in [0.717, 1.165) is 72.1 Å². The van der Waals surface area contributed by atoms with Crippen LogP contribution in [0.5, 0.6) is 0 Å². The monoisotopic (exact) mass is 743 g/mol. The van der Waals surface area contributed by atoms with Crippen LogP contribution in [0.1, 0.15) is 25.0 Å². The zero-order chi connectivity index (χ0) is 38.5. The van der Waals surface area contributed by atoms with Gasteiger partial charge in [-0.1, -0.05) is 141 Å². The van der Waals surface area contributed by atoms with Crippen molar-refractivity contribution in [1.29, 1.82) is 0 Å². The average Bonchev–Trinajstić information content (AvgIpc) is 3.91. The highest BCUT2D eigenvalue weighted by atomic mass is 16.3. The third-order valence-corrected chi connectivity index (χ3v) is 12.5. The number of fused-ring (bicyclic) bond motifs is 10. The molecule has 9 aromatic carbocycles. The molecule has 0 aliphatic heterocycles. The smallest absolute Gasteiger partial charge is 0.137 e. The normalized spacial score (nSPS) is 13.1. The summed E-state index contributed by atoms with van der Waals surface area (Å²) in [7, 11) is 0. The Balaban J connectivity index is 1.05. The van der Waals surface area contributed by atoms with Crippen molar-refractivity contribution in [3.8, 4) is 33.4 Å². The first-order valence-electron chi connectivity index (χ1n) is 20.0. The first-order chi connectivity index (χ1) is 28.5. The molecule has 0 amide bonds. The molecule has 0 bridgehead atoms. The minimum atomic E-state index is -0.131. The lowest BCUT2D eigenvalue weighted by molar-refractivity contribution is 0.660. The molecule has 58 heavy (non-hydrogen) atoms. The van der Waals surface area contributed by atoms with Crippen LogP contribution in [-0.4, -0.2) is 0 Å². The van der Waals surface area contributed by atoms with Gasteiger partial charge in [0, 0.05) is 55.7 Å². The van der Waals surface area contributed by atoms with E-state index in [0.29, 0.717) is 0 Å². The molecule has 0 fully saturated rings. The molecular weight excluding hydrogens is 707 g/mol. The largest absolute Gasteiger partial charge is 0.456 e. The fraction of sp³-hybridized carbons (Fsp3) is 0.0545. The topological polar surface area (TPSA) is 29.5 Å². The quantitative estimate of drug-likeness (QED) is 0.176. The third kappa shape index (κ3) is 4.80. The second-order valence-electron chi connectivity index (χ2n) is 16.0. The first kappa shape index (κ1) is 32.8. The molecule has 0 spiro atoms. The summed E-state index contributed by atoms with van der Waals surface area (Å²) in [5.74, 6) is 0. The van der Waals surface area contributed by atoms with Gasteiger partial charge in [-0.15, -0.1) is 0 Å². The van der Waals surface area contributed by atoms with E-state index < -0.39 is 0 Å². The Morgan fingerprint density at radius 2 is 0.966 bits per heavy atom. The van der Waals surface area contributed by atoms with Gasteiger partial charge in [-0.3, -0.25) is 0 Å². The van der Waals surface area contributed by atoms with E-state index in [-0.39, 0.29) is 5.41 Å². The van der Waals surface area contributed by atoms with Crippen LogP contribution in [-0.2, 0) is 5.41 Å². The molecule has 1 aliphatic carbocycles. The average molecular weight is 744 g/mol. The molecule has 1 aliphatic rings. The Hall–Kier alpha value is -7.36. The van der Waals surface area contributed by atoms with Gasteiger partial charge in [-0.05, 0) is 104 Å². The number of nitrogens with zero attached hydrogens (tertiary/aromatic N) is 1. The van der Waals surface area contributed by atoms with E-state index >= 15 is 0 Å². The lowest BCUT2D eigenvalue weighted by atomic mass is 9.82. The van der Waals surface area contributed by atoms with Gasteiger partial charge < -0.3 is 13.7 Å². The van der Waals surface area contributed by atoms with Crippen molar-refractivity contribution < 1.29 is 8.83 Å². The summed E-state index contributed by atoms with van der Waals surface area (Å²) < 4.78 is 12.9. The fourth-order valence-corrected chi connectivity index (χ4v) is 9.70. The van der Waals surface area contributed by atoms with Crippen LogP contribution in [0.3, 0.4) is 0 Å². The Morgan fingerprint density at radius 3 is 1.83 bits per heavy atom. The van der Waals surface area contributed by atoms with Crippen molar-refractivity contribution in [3.05, 3.63) is 199 Å². The molecule has 274 valence electrons. The molecule has 0 unspecified atom stereocenters. The third-order valence-electron chi connectivity index (χ3n) is 12.5. The number of benzene rings is 9. The van der Waals surface area contributed by atoms with E-state index in [1.165, 1.54) is 44.2 Å². The van der Waals surface area contributed by atoms with Crippen LogP contribution >= 0.6 is 0 Å². The molecule has 0 N–H and O–H groups in total. The van der Waals surface area contributed by atoms with Crippen molar-refractivity contribution in [2.24, 2.45) is 0 Å². The Kier molecular flexibility index (Phi) is 6.98. The summed E-state index contributed by atoms with van der Waals surface area (Å²) in [5.41, 5.74) is 16.6. The zero-order valence-corrected chi connectivity index (χ0v) is 32.2. The predicted octanol–water partition coefficient (Wildman–Crippen LogP) is 15.7. The van der Waals surface area contributed by atoms with Crippen molar-refractivity contribution in [2.45, 2.75) is 19.3 Å². The maximum atomic E-state index is 6.47. The van der Waals surface area contributed by atoms with E-state index in [1.54, 1.807) is 0 Å². The Bertz CT molecular complexity index is 3430. The number of para-hydroxylation sites is 2. The maximum absolute atomic E-state index is 6.47. The highest BCUT2D eigenvalue weighted by Gasteiger charge is 2.36. The van der Waals surface area contributed by atoms with Crippen molar-refractivity contribution in [3.63, 3.8) is 0 Å².